The molecule has 0 aromatic heterocycles. The van der Waals surface area contributed by atoms with Gasteiger partial charge >= 0.3 is 0 Å². The smallest absolute Gasteiger partial charge is 0.119 e. The van der Waals surface area contributed by atoms with Crippen molar-refractivity contribution in [2.24, 2.45) is 5.73 Å². The van der Waals surface area contributed by atoms with Gasteiger partial charge in [-0.3, -0.25) is 0 Å². The first-order valence-corrected chi connectivity index (χ1v) is 6.34. The van der Waals surface area contributed by atoms with E-state index in [-0.39, 0.29) is 0 Å². The molecule has 0 amide bonds. The number of hydrogen-bond donors (Lipinski definition) is 1. The maximum atomic E-state index is 5.97. The van der Waals surface area contributed by atoms with Crippen LogP contribution in [-0.4, -0.2) is 6.61 Å². The van der Waals surface area contributed by atoms with E-state index in [9.17, 15) is 0 Å². The molecule has 0 bridgehead atoms. The highest BCUT2D eigenvalue weighted by Crippen LogP contribution is 2.27. The SMILES string of the molecule is CCOc1ccc(-c2ccc(Cl)cc2CN)cc1. The molecule has 0 saturated heterocycles. The van der Waals surface area contributed by atoms with Crippen LogP contribution in [0.5, 0.6) is 5.75 Å². The fourth-order valence-electron chi connectivity index (χ4n) is 1.91. The fourth-order valence-corrected chi connectivity index (χ4v) is 2.10. The van der Waals surface area contributed by atoms with Crippen LogP contribution in [0.3, 0.4) is 0 Å². The minimum Gasteiger partial charge on any atom is -0.494 e. The molecule has 0 atom stereocenters. The Balaban J connectivity index is 2.36. The second-order valence-corrected chi connectivity index (χ2v) is 4.40. The van der Waals surface area contributed by atoms with Gasteiger partial charge in [0.25, 0.3) is 0 Å². The molecule has 2 rings (SSSR count). The summed E-state index contributed by atoms with van der Waals surface area (Å²) in [6.45, 7) is 3.12. The zero-order chi connectivity index (χ0) is 13.0. The number of ether oxygens (including phenoxy) is 1. The van der Waals surface area contributed by atoms with Crippen molar-refractivity contribution < 1.29 is 4.74 Å². The Labute approximate surface area is 112 Å². The summed E-state index contributed by atoms with van der Waals surface area (Å²) in [5.41, 5.74) is 9.04. The second-order valence-electron chi connectivity index (χ2n) is 3.96. The molecule has 2 N–H and O–H groups in total. The maximum Gasteiger partial charge on any atom is 0.119 e. The van der Waals surface area contributed by atoms with Crippen LogP contribution in [0.2, 0.25) is 5.02 Å². The van der Waals surface area contributed by atoms with Crippen LogP contribution in [0.1, 0.15) is 12.5 Å². The van der Waals surface area contributed by atoms with Crippen molar-refractivity contribution in [2.45, 2.75) is 13.5 Å². The van der Waals surface area contributed by atoms with Crippen LogP contribution in [0.15, 0.2) is 42.5 Å². The Hall–Kier alpha value is -1.51. The quantitative estimate of drug-likeness (QED) is 0.907. The summed E-state index contributed by atoms with van der Waals surface area (Å²) in [5.74, 6) is 0.879. The monoisotopic (exact) mass is 261 g/mol. The molecule has 0 fully saturated rings. The molecule has 2 aromatic rings. The summed E-state index contributed by atoms with van der Waals surface area (Å²) < 4.78 is 5.43. The highest BCUT2D eigenvalue weighted by Gasteiger charge is 2.05. The summed E-state index contributed by atoms with van der Waals surface area (Å²) in [5, 5.41) is 0.713. The van der Waals surface area contributed by atoms with Gasteiger partial charge in [0.1, 0.15) is 5.75 Å². The lowest BCUT2D eigenvalue weighted by Gasteiger charge is -2.09. The van der Waals surface area contributed by atoms with Crippen molar-refractivity contribution in [3.63, 3.8) is 0 Å². The third-order valence-corrected chi connectivity index (χ3v) is 3.00. The average Bonchev–Trinajstić information content (AvgIpc) is 2.40. The molecule has 0 unspecified atom stereocenters. The van der Waals surface area contributed by atoms with Gasteiger partial charge in [-0.1, -0.05) is 29.8 Å². The van der Waals surface area contributed by atoms with Gasteiger partial charge in [0, 0.05) is 11.6 Å². The molecule has 0 aliphatic rings. The molecular weight excluding hydrogens is 246 g/mol. The van der Waals surface area contributed by atoms with Crippen LogP contribution in [0.4, 0.5) is 0 Å². The first-order valence-electron chi connectivity index (χ1n) is 5.96. The first kappa shape index (κ1) is 12.9. The fraction of sp³-hybridized carbons (Fsp3) is 0.200. The molecule has 2 nitrogen and oxygen atoms in total. The zero-order valence-electron chi connectivity index (χ0n) is 10.3. The number of halogens is 1. The van der Waals surface area contributed by atoms with Gasteiger partial charge < -0.3 is 10.5 Å². The van der Waals surface area contributed by atoms with E-state index in [2.05, 4.69) is 0 Å². The van der Waals surface area contributed by atoms with Crippen LogP contribution in [0.25, 0.3) is 11.1 Å². The molecule has 0 aliphatic heterocycles. The van der Waals surface area contributed by atoms with Crippen LogP contribution in [-0.2, 0) is 6.54 Å². The molecule has 0 spiro atoms. The highest BCUT2D eigenvalue weighted by molar-refractivity contribution is 6.30. The molecule has 18 heavy (non-hydrogen) atoms. The largest absolute Gasteiger partial charge is 0.494 e. The average molecular weight is 262 g/mol. The topological polar surface area (TPSA) is 35.2 Å². The molecule has 0 saturated carbocycles. The predicted molar refractivity (Wildman–Crippen MR) is 75.9 cm³/mol. The number of nitrogens with two attached hydrogens (primary N) is 1. The van der Waals surface area contributed by atoms with Crippen molar-refractivity contribution in [1.82, 2.24) is 0 Å². The van der Waals surface area contributed by atoms with E-state index in [0.717, 1.165) is 22.4 Å². The van der Waals surface area contributed by atoms with Gasteiger partial charge in [0.15, 0.2) is 0 Å². The van der Waals surface area contributed by atoms with E-state index in [1.165, 1.54) is 0 Å². The third kappa shape index (κ3) is 2.84. The maximum absolute atomic E-state index is 5.97. The Kier molecular flexibility index (Phi) is 4.24. The molecule has 0 heterocycles. The van der Waals surface area contributed by atoms with E-state index in [1.54, 1.807) is 0 Å². The summed E-state index contributed by atoms with van der Waals surface area (Å²) in [7, 11) is 0. The van der Waals surface area contributed by atoms with Gasteiger partial charge in [-0.15, -0.1) is 0 Å². The number of rotatable bonds is 4. The van der Waals surface area contributed by atoms with Gasteiger partial charge in [0.2, 0.25) is 0 Å². The minimum atomic E-state index is 0.475. The summed E-state index contributed by atoms with van der Waals surface area (Å²) in [6.07, 6.45) is 0. The Morgan fingerprint density at radius 3 is 2.44 bits per heavy atom. The zero-order valence-corrected chi connectivity index (χ0v) is 11.1. The summed E-state index contributed by atoms with van der Waals surface area (Å²) in [6, 6.07) is 13.8. The molecule has 0 radical (unpaired) electrons. The van der Waals surface area contributed by atoms with E-state index < -0.39 is 0 Å². The van der Waals surface area contributed by atoms with Crippen molar-refractivity contribution in [1.29, 1.82) is 0 Å². The van der Waals surface area contributed by atoms with Crippen LogP contribution in [0, 0.1) is 0 Å². The molecule has 94 valence electrons. The second kappa shape index (κ2) is 5.89. The Morgan fingerprint density at radius 2 is 1.83 bits per heavy atom. The van der Waals surface area contributed by atoms with E-state index in [4.69, 9.17) is 22.1 Å². The molecule has 0 aliphatic carbocycles. The lowest BCUT2D eigenvalue weighted by molar-refractivity contribution is 0.340. The van der Waals surface area contributed by atoms with Crippen molar-refractivity contribution in [3.8, 4) is 16.9 Å². The van der Waals surface area contributed by atoms with Gasteiger partial charge in [-0.25, -0.2) is 0 Å². The van der Waals surface area contributed by atoms with E-state index in [1.807, 2.05) is 49.4 Å². The van der Waals surface area contributed by atoms with Gasteiger partial charge in [0.05, 0.1) is 6.61 Å². The van der Waals surface area contributed by atoms with Crippen LogP contribution >= 0.6 is 11.6 Å². The van der Waals surface area contributed by atoms with Gasteiger partial charge in [-0.05, 0) is 47.9 Å². The lowest BCUT2D eigenvalue weighted by atomic mass is 10.00. The summed E-state index contributed by atoms with van der Waals surface area (Å²) >= 11 is 5.97. The first-order chi connectivity index (χ1) is 8.74. The van der Waals surface area contributed by atoms with Crippen molar-refractivity contribution in [3.05, 3.63) is 53.1 Å². The molecule has 3 heteroatoms. The van der Waals surface area contributed by atoms with E-state index in [0.29, 0.717) is 18.2 Å². The highest BCUT2D eigenvalue weighted by atomic mass is 35.5. The predicted octanol–water partition coefficient (Wildman–Crippen LogP) is 3.86. The van der Waals surface area contributed by atoms with Crippen molar-refractivity contribution in [2.75, 3.05) is 6.61 Å². The number of hydrogen-bond acceptors (Lipinski definition) is 2. The van der Waals surface area contributed by atoms with Gasteiger partial charge in [-0.2, -0.15) is 0 Å². The van der Waals surface area contributed by atoms with Crippen molar-refractivity contribution >= 4 is 11.6 Å². The lowest BCUT2D eigenvalue weighted by Crippen LogP contribution is -1.99. The standard InChI is InChI=1S/C15H16ClNO/c1-2-18-14-6-3-11(4-7-14)15-8-5-13(16)9-12(15)10-17/h3-9H,2,10,17H2,1H3. The number of benzene rings is 2. The molecular formula is C15H16ClNO. The Bertz CT molecular complexity index is 523. The van der Waals surface area contributed by atoms with Crippen LogP contribution < -0.4 is 10.5 Å². The Morgan fingerprint density at radius 1 is 1.11 bits per heavy atom. The third-order valence-electron chi connectivity index (χ3n) is 2.76. The normalized spacial score (nSPS) is 10.4. The summed E-state index contributed by atoms with van der Waals surface area (Å²) in [4.78, 5) is 0. The molecule has 2 aromatic carbocycles. The van der Waals surface area contributed by atoms with E-state index >= 15 is 0 Å². The minimum absolute atomic E-state index is 0.475.